The molecule has 0 spiro atoms. The van der Waals surface area contributed by atoms with Crippen molar-refractivity contribution in [3.05, 3.63) is 39.2 Å². The van der Waals surface area contributed by atoms with Crippen LogP contribution in [0.1, 0.15) is 35.5 Å². The van der Waals surface area contributed by atoms with Crippen LogP contribution >= 0.6 is 22.9 Å². The molecule has 1 saturated heterocycles. The van der Waals surface area contributed by atoms with E-state index in [4.69, 9.17) is 21.1 Å². The summed E-state index contributed by atoms with van der Waals surface area (Å²) >= 11 is 8.28. The SMILES string of the molecule is CNCNC(NC)c1sc(N2CCOC(CCOC(C)=O)C2)c(C#N)c1-c1ccc(C)cc1Cl. The molecule has 0 amide bonds. The molecule has 184 valence electrons. The van der Waals surface area contributed by atoms with Crippen LogP contribution in [0.2, 0.25) is 5.02 Å². The number of aryl methyl sites for hydroxylation is 1. The van der Waals surface area contributed by atoms with Crippen molar-refractivity contribution in [3.8, 4) is 17.2 Å². The molecule has 3 N–H and O–H groups in total. The van der Waals surface area contributed by atoms with Crippen LogP contribution in [0.15, 0.2) is 18.2 Å². The van der Waals surface area contributed by atoms with Gasteiger partial charge in [-0.25, -0.2) is 0 Å². The molecular formula is C24H32ClN5O3S. The highest BCUT2D eigenvalue weighted by atomic mass is 35.5. The number of hydrogen-bond acceptors (Lipinski definition) is 9. The van der Waals surface area contributed by atoms with E-state index < -0.39 is 0 Å². The van der Waals surface area contributed by atoms with E-state index in [2.05, 4.69) is 26.9 Å². The van der Waals surface area contributed by atoms with E-state index in [9.17, 15) is 10.1 Å². The minimum Gasteiger partial charge on any atom is -0.466 e. The number of nitrogens with zero attached hydrogens (tertiary/aromatic N) is 2. The molecule has 0 radical (unpaired) electrons. The number of carbonyl (C=O) groups excluding carboxylic acids is 1. The average Bonchev–Trinajstić information content (AvgIpc) is 3.19. The summed E-state index contributed by atoms with van der Waals surface area (Å²) in [7, 11) is 3.76. The summed E-state index contributed by atoms with van der Waals surface area (Å²) < 4.78 is 11.0. The highest BCUT2D eigenvalue weighted by molar-refractivity contribution is 7.17. The Morgan fingerprint density at radius 2 is 2.24 bits per heavy atom. The van der Waals surface area contributed by atoms with Gasteiger partial charge in [0.15, 0.2) is 0 Å². The van der Waals surface area contributed by atoms with Crippen LogP contribution in [0.3, 0.4) is 0 Å². The van der Waals surface area contributed by atoms with Crippen molar-refractivity contribution in [1.29, 1.82) is 5.26 Å². The topological polar surface area (TPSA) is 98.7 Å². The third kappa shape index (κ3) is 6.27. The largest absolute Gasteiger partial charge is 0.466 e. The lowest BCUT2D eigenvalue weighted by Crippen LogP contribution is -2.43. The zero-order chi connectivity index (χ0) is 24.7. The number of rotatable bonds is 10. The predicted molar refractivity (Wildman–Crippen MR) is 136 cm³/mol. The highest BCUT2D eigenvalue weighted by Crippen LogP contribution is 2.46. The first-order chi connectivity index (χ1) is 16.4. The van der Waals surface area contributed by atoms with Gasteiger partial charge in [0.2, 0.25) is 0 Å². The zero-order valence-electron chi connectivity index (χ0n) is 20.0. The molecule has 1 aromatic carbocycles. The average molecular weight is 506 g/mol. The lowest BCUT2D eigenvalue weighted by atomic mass is 9.99. The molecule has 10 heteroatoms. The quantitative estimate of drug-likeness (QED) is 0.334. The Labute approximate surface area is 210 Å². The third-order valence-corrected chi connectivity index (χ3v) is 7.26. The molecule has 34 heavy (non-hydrogen) atoms. The number of benzene rings is 1. The first-order valence-corrected chi connectivity index (χ1v) is 12.5. The summed E-state index contributed by atoms with van der Waals surface area (Å²) in [5, 5.41) is 21.7. The second-order valence-corrected chi connectivity index (χ2v) is 9.58. The molecule has 0 saturated carbocycles. The molecule has 2 heterocycles. The van der Waals surface area contributed by atoms with E-state index in [1.54, 1.807) is 11.3 Å². The fourth-order valence-corrected chi connectivity index (χ4v) is 5.71. The maximum absolute atomic E-state index is 11.1. The summed E-state index contributed by atoms with van der Waals surface area (Å²) in [6.07, 6.45) is 0.348. The Hall–Kier alpha value is -2.19. The molecule has 1 aliphatic heterocycles. The van der Waals surface area contributed by atoms with Gasteiger partial charge in [-0.1, -0.05) is 23.7 Å². The standard InChI is InChI=1S/C24H32ClN5O3S/c1-15-5-6-18(20(25)11-15)21-19(12-26)24(34-22(21)23(28-4)29-14-27-3)30-8-10-33-17(13-30)7-9-32-16(2)31/h5-6,11,17,23,27-29H,7-10,13-14H2,1-4H3. The smallest absolute Gasteiger partial charge is 0.302 e. The summed E-state index contributed by atoms with van der Waals surface area (Å²) in [5.74, 6) is -0.297. The van der Waals surface area contributed by atoms with E-state index in [1.165, 1.54) is 6.92 Å². The van der Waals surface area contributed by atoms with Gasteiger partial charge in [-0.3, -0.25) is 10.1 Å². The van der Waals surface area contributed by atoms with Crippen LogP contribution in [-0.4, -0.2) is 59.1 Å². The first-order valence-electron chi connectivity index (χ1n) is 11.3. The fourth-order valence-electron chi connectivity index (χ4n) is 4.00. The van der Waals surface area contributed by atoms with Crippen LogP contribution in [0, 0.1) is 18.3 Å². The Balaban J connectivity index is 2.02. The third-order valence-electron chi connectivity index (χ3n) is 5.63. The molecule has 0 bridgehead atoms. The van der Waals surface area contributed by atoms with Gasteiger partial charge in [0.05, 0.1) is 31.0 Å². The van der Waals surface area contributed by atoms with Gasteiger partial charge in [0, 0.05) is 54.1 Å². The zero-order valence-corrected chi connectivity index (χ0v) is 21.6. The number of morpholine rings is 1. The van der Waals surface area contributed by atoms with Crippen LogP contribution in [0.4, 0.5) is 5.00 Å². The minimum atomic E-state index is -0.297. The summed E-state index contributed by atoms with van der Waals surface area (Å²) in [4.78, 5) is 14.3. The Bertz CT molecular complexity index is 1040. The maximum Gasteiger partial charge on any atom is 0.302 e. The second kappa shape index (κ2) is 12.5. The number of ether oxygens (including phenoxy) is 2. The van der Waals surface area contributed by atoms with Gasteiger partial charge >= 0.3 is 5.97 Å². The predicted octanol–water partition coefficient (Wildman–Crippen LogP) is 3.39. The van der Waals surface area contributed by atoms with Gasteiger partial charge in [0.25, 0.3) is 0 Å². The number of halogens is 1. The van der Waals surface area contributed by atoms with Crippen molar-refractivity contribution in [1.82, 2.24) is 16.0 Å². The molecule has 3 rings (SSSR count). The van der Waals surface area contributed by atoms with E-state index in [0.29, 0.717) is 50.0 Å². The minimum absolute atomic E-state index is 0.0841. The number of nitriles is 1. The number of nitrogens with one attached hydrogen (secondary N) is 3. The lowest BCUT2D eigenvalue weighted by molar-refractivity contribution is -0.141. The molecule has 8 nitrogen and oxygen atoms in total. The number of hydrogen-bond donors (Lipinski definition) is 3. The number of esters is 1. The Morgan fingerprint density at radius 1 is 1.44 bits per heavy atom. The fraction of sp³-hybridized carbons (Fsp3) is 0.500. The van der Waals surface area contributed by atoms with E-state index in [0.717, 1.165) is 26.6 Å². The van der Waals surface area contributed by atoms with Crippen molar-refractivity contribution in [2.75, 3.05) is 52.0 Å². The van der Waals surface area contributed by atoms with Crippen molar-refractivity contribution >= 4 is 33.9 Å². The molecule has 2 unspecified atom stereocenters. The van der Waals surface area contributed by atoms with Gasteiger partial charge in [-0.05, 0) is 32.6 Å². The van der Waals surface area contributed by atoms with E-state index in [-0.39, 0.29) is 18.2 Å². The molecule has 1 aromatic heterocycles. The van der Waals surface area contributed by atoms with Crippen LogP contribution < -0.4 is 20.9 Å². The first kappa shape index (κ1) is 26.4. The molecule has 1 aliphatic rings. The Kier molecular flexibility index (Phi) is 9.71. The summed E-state index contributed by atoms with van der Waals surface area (Å²) in [6, 6.07) is 8.38. The molecule has 0 aliphatic carbocycles. The van der Waals surface area contributed by atoms with Crippen LogP contribution in [-0.2, 0) is 14.3 Å². The van der Waals surface area contributed by atoms with Gasteiger partial charge in [-0.2, -0.15) is 5.26 Å². The number of thiophene rings is 1. The van der Waals surface area contributed by atoms with E-state index >= 15 is 0 Å². The summed E-state index contributed by atoms with van der Waals surface area (Å²) in [6.45, 7) is 6.13. The van der Waals surface area contributed by atoms with Gasteiger partial charge < -0.3 is 25.0 Å². The van der Waals surface area contributed by atoms with Crippen molar-refractivity contribution in [2.45, 2.75) is 32.5 Å². The van der Waals surface area contributed by atoms with Gasteiger partial charge in [0.1, 0.15) is 11.1 Å². The monoisotopic (exact) mass is 505 g/mol. The maximum atomic E-state index is 11.1. The second-order valence-electron chi connectivity index (χ2n) is 8.14. The summed E-state index contributed by atoms with van der Waals surface area (Å²) in [5.41, 5.74) is 3.36. The van der Waals surface area contributed by atoms with Crippen molar-refractivity contribution in [3.63, 3.8) is 0 Å². The van der Waals surface area contributed by atoms with Crippen molar-refractivity contribution in [2.24, 2.45) is 0 Å². The molecule has 2 atom stereocenters. The molecular weight excluding hydrogens is 474 g/mol. The van der Waals surface area contributed by atoms with Gasteiger partial charge in [-0.15, -0.1) is 11.3 Å². The highest BCUT2D eigenvalue weighted by Gasteiger charge is 2.30. The number of anilines is 1. The Morgan fingerprint density at radius 3 is 2.88 bits per heavy atom. The van der Waals surface area contributed by atoms with Crippen molar-refractivity contribution < 1.29 is 14.3 Å². The molecule has 2 aromatic rings. The number of carbonyl (C=O) groups is 1. The van der Waals surface area contributed by atoms with Crippen LogP contribution in [0.5, 0.6) is 0 Å². The normalized spacial score (nSPS) is 16.8. The lowest BCUT2D eigenvalue weighted by Gasteiger charge is -2.33. The molecule has 1 fully saturated rings. The van der Waals surface area contributed by atoms with E-state index in [1.807, 2.05) is 39.2 Å². The van der Waals surface area contributed by atoms with Crippen LogP contribution in [0.25, 0.3) is 11.1 Å².